The van der Waals surface area contributed by atoms with Crippen LogP contribution in [0.5, 0.6) is 0 Å². The zero-order valence-electron chi connectivity index (χ0n) is 17.0. The molecule has 1 unspecified atom stereocenters. The number of nitrogens with zero attached hydrogens (tertiary/aromatic N) is 5. The van der Waals surface area contributed by atoms with Gasteiger partial charge in [-0.1, -0.05) is 12.1 Å². The number of alkyl halides is 3. The first-order chi connectivity index (χ1) is 14.0. The smallest absolute Gasteiger partial charge is 0.339 e. The summed E-state index contributed by atoms with van der Waals surface area (Å²) in [5.41, 5.74) is 2.41. The summed E-state index contributed by atoms with van der Waals surface area (Å²) < 4.78 is 52.9. The van der Waals surface area contributed by atoms with Crippen LogP contribution in [0.25, 0.3) is 5.78 Å². The van der Waals surface area contributed by atoms with Gasteiger partial charge in [0.2, 0.25) is 5.91 Å². The lowest BCUT2D eigenvalue weighted by atomic mass is 10.0. The summed E-state index contributed by atoms with van der Waals surface area (Å²) >= 11 is 0. The second kappa shape index (κ2) is 8.00. The summed E-state index contributed by atoms with van der Waals surface area (Å²) in [4.78, 5) is 21.8. The Morgan fingerprint density at radius 1 is 1.17 bits per heavy atom. The Bertz CT molecular complexity index is 1080. The lowest BCUT2D eigenvalue weighted by Gasteiger charge is -2.25. The normalized spacial score (nSPS) is 12.9. The molecule has 0 radical (unpaired) electrons. The number of hydrogen-bond donors (Lipinski definition) is 0. The third kappa shape index (κ3) is 4.27. The number of rotatable bonds is 5. The Balaban J connectivity index is 1.77. The van der Waals surface area contributed by atoms with E-state index < -0.39 is 12.0 Å². The summed E-state index contributed by atoms with van der Waals surface area (Å²) in [5.74, 6) is -1.89. The largest absolute Gasteiger partial charge is 0.453 e. The molecular weight excluding hydrogens is 402 g/mol. The van der Waals surface area contributed by atoms with E-state index in [1.165, 1.54) is 12.1 Å². The Kier molecular flexibility index (Phi) is 5.78. The molecule has 1 amide bonds. The minimum atomic E-state index is -4.66. The van der Waals surface area contributed by atoms with Gasteiger partial charge < -0.3 is 4.90 Å². The second-order valence-electron chi connectivity index (χ2n) is 7.14. The van der Waals surface area contributed by atoms with E-state index in [0.29, 0.717) is 23.4 Å². The first-order valence-corrected chi connectivity index (χ1v) is 9.30. The Labute approximate surface area is 170 Å². The summed E-state index contributed by atoms with van der Waals surface area (Å²) in [7, 11) is 1.66. The zero-order chi connectivity index (χ0) is 22.2. The molecule has 0 spiro atoms. The molecule has 0 saturated carbocycles. The standard InChI is InChI=1S/C20H21F4N5O/c1-11-16(13(3)29-19(25-11)26-18(27-29)20(22,23)24)9-10-17(30)28(4)12(2)14-5-7-15(21)8-6-14/h5-8,12H,9-10H2,1-4H3. The molecule has 30 heavy (non-hydrogen) atoms. The molecule has 0 fully saturated rings. The molecule has 0 saturated heterocycles. The van der Waals surface area contributed by atoms with Gasteiger partial charge in [0.15, 0.2) is 0 Å². The van der Waals surface area contributed by atoms with E-state index in [2.05, 4.69) is 15.1 Å². The molecule has 3 rings (SSSR count). The van der Waals surface area contributed by atoms with Crippen LogP contribution < -0.4 is 0 Å². The summed E-state index contributed by atoms with van der Waals surface area (Å²) in [5, 5.41) is 3.51. The molecule has 0 aliphatic carbocycles. The maximum atomic E-state index is 13.1. The van der Waals surface area contributed by atoms with Gasteiger partial charge in [-0.2, -0.15) is 18.2 Å². The molecule has 2 aromatic heterocycles. The number of halogens is 4. The van der Waals surface area contributed by atoms with Crippen LogP contribution in [-0.4, -0.2) is 37.4 Å². The van der Waals surface area contributed by atoms with E-state index in [0.717, 1.165) is 10.1 Å². The highest BCUT2D eigenvalue weighted by Gasteiger charge is 2.37. The highest BCUT2D eigenvalue weighted by molar-refractivity contribution is 5.76. The Hall–Kier alpha value is -3.04. The molecule has 3 aromatic rings. The number of carbonyl (C=O) groups excluding carboxylic acids is 1. The van der Waals surface area contributed by atoms with Gasteiger partial charge in [0.1, 0.15) is 5.82 Å². The molecule has 160 valence electrons. The van der Waals surface area contributed by atoms with E-state index in [1.54, 1.807) is 37.9 Å². The van der Waals surface area contributed by atoms with Crippen molar-refractivity contribution >= 4 is 11.7 Å². The van der Waals surface area contributed by atoms with Crippen LogP contribution in [0.3, 0.4) is 0 Å². The molecule has 6 nitrogen and oxygen atoms in total. The van der Waals surface area contributed by atoms with Crippen molar-refractivity contribution in [1.29, 1.82) is 0 Å². The monoisotopic (exact) mass is 423 g/mol. The third-order valence-corrected chi connectivity index (χ3v) is 5.22. The van der Waals surface area contributed by atoms with Crippen molar-refractivity contribution in [3.8, 4) is 0 Å². The molecule has 1 aromatic carbocycles. The quantitative estimate of drug-likeness (QED) is 0.581. The van der Waals surface area contributed by atoms with Gasteiger partial charge in [-0.25, -0.2) is 13.9 Å². The third-order valence-electron chi connectivity index (χ3n) is 5.22. The molecule has 1 atom stereocenters. The van der Waals surface area contributed by atoms with E-state index >= 15 is 0 Å². The van der Waals surface area contributed by atoms with Crippen molar-refractivity contribution in [2.45, 2.75) is 45.8 Å². The van der Waals surface area contributed by atoms with Gasteiger partial charge in [0.25, 0.3) is 11.6 Å². The van der Waals surface area contributed by atoms with Gasteiger partial charge in [-0.3, -0.25) is 4.79 Å². The molecule has 0 aliphatic heterocycles. The van der Waals surface area contributed by atoms with Crippen molar-refractivity contribution in [3.63, 3.8) is 0 Å². The molecule has 0 N–H and O–H groups in total. The van der Waals surface area contributed by atoms with Crippen LogP contribution in [0.2, 0.25) is 0 Å². The van der Waals surface area contributed by atoms with Crippen molar-refractivity contribution in [2.75, 3.05) is 7.05 Å². The van der Waals surface area contributed by atoms with E-state index in [-0.39, 0.29) is 30.0 Å². The molecule has 0 bridgehead atoms. The Morgan fingerprint density at radius 3 is 2.40 bits per heavy atom. The van der Waals surface area contributed by atoms with Gasteiger partial charge in [-0.05, 0) is 50.5 Å². The van der Waals surface area contributed by atoms with Gasteiger partial charge in [-0.15, -0.1) is 5.10 Å². The van der Waals surface area contributed by atoms with Crippen LogP contribution in [0, 0.1) is 19.7 Å². The number of amides is 1. The second-order valence-corrected chi connectivity index (χ2v) is 7.14. The highest BCUT2D eigenvalue weighted by atomic mass is 19.4. The van der Waals surface area contributed by atoms with E-state index in [9.17, 15) is 22.4 Å². The predicted molar refractivity (Wildman–Crippen MR) is 101 cm³/mol. The number of aromatic nitrogens is 4. The summed E-state index contributed by atoms with van der Waals surface area (Å²) in [6, 6.07) is 5.67. The molecular formula is C20H21F4N5O. The van der Waals surface area contributed by atoms with Crippen LogP contribution in [0.1, 0.15) is 47.7 Å². The average molecular weight is 423 g/mol. The van der Waals surface area contributed by atoms with Crippen LogP contribution in [0.15, 0.2) is 24.3 Å². The van der Waals surface area contributed by atoms with Gasteiger partial charge in [0, 0.05) is 24.9 Å². The first-order valence-electron chi connectivity index (χ1n) is 9.30. The maximum Gasteiger partial charge on any atom is 0.453 e. The summed E-state index contributed by atoms with van der Waals surface area (Å²) in [6.45, 7) is 5.13. The fraction of sp³-hybridized carbons (Fsp3) is 0.400. The van der Waals surface area contributed by atoms with Crippen LogP contribution >= 0.6 is 0 Å². The minimum Gasteiger partial charge on any atom is -0.339 e. The zero-order valence-corrected chi connectivity index (χ0v) is 17.0. The number of hydrogen-bond acceptors (Lipinski definition) is 4. The highest BCUT2D eigenvalue weighted by Crippen LogP contribution is 2.27. The van der Waals surface area contributed by atoms with Crippen LogP contribution in [-0.2, 0) is 17.4 Å². The van der Waals surface area contributed by atoms with Gasteiger partial charge in [0.05, 0.1) is 6.04 Å². The lowest BCUT2D eigenvalue weighted by Crippen LogP contribution is -2.30. The average Bonchev–Trinajstić information content (AvgIpc) is 3.11. The molecule has 0 aliphatic rings. The molecule has 10 heteroatoms. The summed E-state index contributed by atoms with van der Waals surface area (Å²) in [6.07, 6.45) is -4.23. The number of carbonyl (C=O) groups is 1. The van der Waals surface area contributed by atoms with Crippen molar-refractivity contribution in [3.05, 3.63) is 58.4 Å². The van der Waals surface area contributed by atoms with Gasteiger partial charge >= 0.3 is 6.18 Å². The van der Waals surface area contributed by atoms with E-state index in [4.69, 9.17) is 0 Å². The number of fused-ring (bicyclic) bond motifs is 1. The number of benzene rings is 1. The van der Waals surface area contributed by atoms with Crippen molar-refractivity contribution in [1.82, 2.24) is 24.5 Å². The lowest BCUT2D eigenvalue weighted by molar-refractivity contribution is -0.144. The number of aryl methyl sites for hydroxylation is 2. The maximum absolute atomic E-state index is 13.1. The Morgan fingerprint density at radius 2 is 1.80 bits per heavy atom. The SMILES string of the molecule is Cc1nc2nc(C(F)(F)F)nn2c(C)c1CCC(=O)N(C)C(C)c1ccc(F)cc1. The van der Waals surface area contributed by atoms with Crippen molar-refractivity contribution in [2.24, 2.45) is 0 Å². The van der Waals surface area contributed by atoms with Crippen molar-refractivity contribution < 1.29 is 22.4 Å². The fourth-order valence-electron chi connectivity index (χ4n) is 3.28. The molecule has 2 heterocycles. The predicted octanol–water partition coefficient (Wildman–Crippen LogP) is 4.05. The van der Waals surface area contributed by atoms with Crippen LogP contribution in [0.4, 0.5) is 17.6 Å². The fourth-order valence-corrected chi connectivity index (χ4v) is 3.28. The minimum absolute atomic E-state index is 0.130. The first kappa shape index (κ1) is 21.7. The topological polar surface area (TPSA) is 63.4 Å². The van der Waals surface area contributed by atoms with E-state index in [1.807, 2.05) is 6.92 Å².